The van der Waals surface area contributed by atoms with E-state index in [0.29, 0.717) is 12.1 Å². The third kappa shape index (κ3) is 4.55. The highest BCUT2D eigenvalue weighted by atomic mass is 19.4. The maximum absolute atomic E-state index is 12.6. The summed E-state index contributed by atoms with van der Waals surface area (Å²) in [5, 5.41) is 8.91. The molecule has 1 aromatic rings. The van der Waals surface area contributed by atoms with Crippen molar-refractivity contribution in [3.63, 3.8) is 0 Å². The van der Waals surface area contributed by atoms with Gasteiger partial charge in [0.05, 0.1) is 16.8 Å². The maximum atomic E-state index is 12.6. The Hall–Kier alpha value is -1.91. The average Bonchev–Trinajstić information content (AvgIpc) is 2.32. The van der Waals surface area contributed by atoms with E-state index in [-0.39, 0.29) is 5.69 Å². The summed E-state index contributed by atoms with van der Waals surface area (Å²) < 4.78 is 75.3. The molecule has 0 amide bonds. The van der Waals surface area contributed by atoms with Crippen LogP contribution >= 0.6 is 0 Å². The van der Waals surface area contributed by atoms with E-state index in [1.807, 2.05) is 0 Å². The first kappa shape index (κ1) is 17.1. The predicted molar refractivity (Wildman–Crippen MR) is 64.7 cm³/mol. The van der Waals surface area contributed by atoms with Crippen molar-refractivity contribution >= 4 is 5.69 Å². The highest BCUT2D eigenvalue weighted by molar-refractivity contribution is 5.61. The molecule has 116 valence electrons. The van der Waals surface area contributed by atoms with Gasteiger partial charge in [0.25, 0.3) is 0 Å². The van der Waals surface area contributed by atoms with Gasteiger partial charge in [-0.3, -0.25) is 0 Å². The molecule has 0 atom stereocenters. The third-order valence-corrected chi connectivity index (χ3v) is 2.73. The summed E-state index contributed by atoms with van der Waals surface area (Å²) in [6.07, 6.45) is -9.18. The summed E-state index contributed by atoms with van der Waals surface area (Å²) in [5.74, 6) is 0. The van der Waals surface area contributed by atoms with Gasteiger partial charge in [-0.1, -0.05) is 0 Å². The van der Waals surface area contributed by atoms with E-state index in [2.05, 4.69) is 0 Å². The maximum Gasteiger partial charge on any atom is 0.416 e. The van der Waals surface area contributed by atoms with Crippen LogP contribution in [-0.4, -0.2) is 18.8 Å². The minimum atomic E-state index is -4.66. The Morgan fingerprint density at radius 2 is 1.71 bits per heavy atom. The summed E-state index contributed by atoms with van der Waals surface area (Å²) in [5.41, 5.74) is -1.68. The van der Waals surface area contributed by atoms with Crippen molar-refractivity contribution in [2.24, 2.45) is 0 Å². The number of nitriles is 1. The fraction of sp³-hybridized carbons (Fsp3) is 0.462. The standard InChI is InChI=1S/C13H12F6N2/c1-8(2)21(7-12(14,15)16)11-4-3-10(13(17,18)19)5-9(11)6-20/h3-5,8H,7H2,1-2H3. The van der Waals surface area contributed by atoms with E-state index in [1.165, 1.54) is 19.9 Å². The first-order valence-electron chi connectivity index (χ1n) is 5.90. The van der Waals surface area contributed by atoms with Crippen LogP contribution in [0.5, 0.6) is 0 Å². The molecule has 1 rings (SSSR count). The summed E-state index contributed by atoms with van der Waals surface area (Å²) in [4.78, 5) is 0.846. The van der Waals surface area contributed by atoms with Gasteiger partial charge in [-0.15, -0.1) is 0 Å². The second kappa shape index (κ2) is 5.84. The highest BCUT2D eigenvalue weighted by Crippen LogP contribution is 2.34. The molecule has 0 heterocycles. The average molecular weight is 310 g/mol. The van der Waals surface area contributed by atoms with Gasteiger partial charge in [-0.05, 0) is 32.0 Å². The third-order valence-electron chi connectivity index (χ3n) is 2.73. The molecule has 0 aromatic heterocycles. The van der Waals surface area contributed by atoms with Crippen molar-refractivity contribution in [1.29, 1.82) is 5.26 Å². The molecule has 0 spiro atoms. The quantitative estimate of drug-likeness (QED) is 0.776. The van der Waals surface area contributed by atoms with Crippen molar-refractivity contribution in [2.45, 2.75) is 32.2 Å². The van der Waals surface area contributed by atoms with Crippen LogP contribution in [0.1, 0.15) is 25.0 Å². The topological polar surface area (TPSA) is 27.0 Å². The Morgan fingerprint density at radius 3 is 2.10 bits per heavy atom. The second-order valence-corrected chi connectivity index (χ2v) is 4.68. The predicted octanol–water partition coefficient (Wildman–Crippen LogP) is 4.35. The fourth-order valence-electron chi connectivity index (χ4n) is 1.79. The van der Waals surface area contributed by atoms with E-state index in [4.69, 9.17) is 5.26 Å². The number of halogens is 6. The van der Waals surface area contributed by atoms with Gasteiger partial charge in [0.1, 0.15) is 12.6 Å². The van der Waals surface area contributed by atoms with Gasteiger partial charge in [0, 0.05) is 6.04 Å². The monoisotopic (exact) mass is 310 g/mol. The summed E-state index contributed by atoms with van der Waals surface area (Å²) >= 11 is 0. The van der Waals surface area contributed by atoms with Crippen LogP contribution in [0, 0.1) is 11.3 Å². The van der Waals surface area contributed by atoms with Crippen molar-refractivity contribution in [1.82, 2.24) is 0 Å². The summed E-state index contributed by atoms with van der Waals surface area (Å²) in [6, 6.07) is 3.01. The molecule has 0 unspecified atom stereocenters. The van der Waals surface area contributed by atoms with Crippen LogP contribution in [0.15, 0.2) is 18.2 Å². The van der Waals surface area contributed by atoms with Crippen LogP contribution in [0.3, 0.4) is 0 Å². The Morgan fingerprint density at radius 1 is 1.14 bits per heavy atom. The zero-order valence-corrected chi connectivity index (χ0v) is 11.2. The van der Waals surface area contributed by atoms with Crippen LogP contribution in [0.25, 0.3) is 0 Å². The molecule has 0 fully saturated rings. The lowest BCUT2D eigenvalue weighted by Gasteiger charge is -2.30. The summed E-state index contributed by atoms with van der Waals surface area (Å²) in [7, 11) is 0. The molecule has 0 saturated carbocycles. The van der Waals surface area contributed by atoms with Crippen molar-refractivity contribution in [2.75, 3.05) is 11.4 Å². The Bertz CT molecular complexity index is 539. The first-order chi connectivity index (χ1) is 9.45. The molecule has 0 aliphatic heterocycles. The lowest BCUT2D eigenvalue weighted by Crippen LogP contribution is -2.39. The SMILES string of the molecule is CC(C)N(CC(F)(F)F)c1ccc(C(F)(F)F)cc1C#N. The largest absolute Gasteiger partial charge is 0.416 e. The molecule has 0 bridgehead atoms. The summed E-state index contributed by atoms with van der Waals surface area (Å²) in [6.45, 7) is 1.58. The van der Waals surface area contributed by atoms with Gasteiger partial charge in [-0.2, -0.15) is 31.6 Å². The van der Waals surface area contributed by atoms with E-state index in [0.717, 1.165) is 11.0 Å². The molecule has 8 heteroatoms. The highest BCUT2D eigenvalue weighted by Gasteiger charge is 2.35. The van der Waals surface area contributed by atoms with E-state index < -0.39 is 36.1 Å². The number of rotatable bonds is 3. The smallest absolute Gasteiger partial charge is 0.359 e. The molecule has 0 saturated heterocycles. The van der Waals surface area contributed by atoms with Gasteiger partial charge in [-0.25, -0.2) is 0 Å². The van der Waals surface area contributed by atoms with Crippen LogP contribution in [0.4, 0.5) is 32.0 Å². The second-order valence-electron chi connectivity index (χ2n) is 4.68. The number of anilines is 1. The Kier molecular flexibility index (Phi) is 4.76. The minimum Gasteiger partial charge on any atom is -0.359 e. The molecular formula is C13H12F6N2. The Balaban J connectivity index is 3.30. The van der Waals surface area contributed by atoms with Gasteiger partial charge < -0.3 is 4.90 Å². The molecular weight excluding hydrogens is 298 g/mol. The van der Waals surface area contributed by atoms with Crippen LogP contribution < -0.4 is 4.90 Å². The number of hydrogen-bond donors (Lipinski definition) is 0. The zero-order valence-electron chi connectivity index (χ0n) is 11.2. The number of hydrogen-bond acceptors (Lipinski definition) is 2. The van der Waals surface area contributed by atoms with E-state index in [9.17, 15) is 26.3 Å². The number of nitrogens with zero attached hydrogens (tertiary/aromatic N) is 2. The molecule has 0 aliphatic carbocycles. The lowest BCUT2D eigenvalue weighted by atomic mass is 10.1. The molecule has 1 aromatic carbocycles. The number of benzene rings is 1. The van der Waals surface area contributed by atoms with Crippen molar-refractivity contribution in [3.05, 3.63) is 29.3 Å². The lowest BCUT2D eigenvalue weighted by molar-refractivity contribution is -0.137. The zero-order chi connectivity index (χ0) is 16.4. The first-order valence-corrected chi connectivity index (χ1v) is 5.90. The molecule has 0 N–H and O–H groups in total. The van der Waals surface area contributed by atoms with Crippen LogP contribution in [0.2, 0.25) is 0 Å². The van der Waals surface area contributed by atoms with E-state index >= 15 is 0 Å². The van der Waals surface area contributed by atoms with Crippen molar-refractivity contribution < 1.29 is 26.3 Å². The van der Waals surface area contributed by atoms with Gasteiger partial charge >= 0.3 is 12.4 Å². The minimum absolute atomic E-state index is 0.169. The molecule has 2 nitrogen and oxygen atoms in total. The van der Waals surface area contributed by atoms with Crippen molar-refractivity contribution in [3.8, 4) is 6.07 Å². The normalized spacial score (nSPS) is 12.4. The van der Waals surface area contributed by atoms with Crippen LogP contribution in [-0.2, 0) is 6.18 Å². The van der Waals surface area contributed by atoms with Gasteiger partial charge in [0.2, 0.25) is 0 Å². The van der Waals surface area contributed by atoms with Gasteiger partial charge in [0.15, 0.2) is 0 Å². The fourth-order valence-corrected chi connectivity index (χ4v) is 1.79. The molecule has 21 heavy (non-hydrogen) atoms. The number of alkyl halides is 6. The van der Waals surface area contributed by atoms with E-state index in [1.54, 1.807) is 0 Å². The molecule has 0 radical (unpaired) electrons. The Labute approximate surface area is 117 Å². The molecule has 0 aliphatic rings.